The van der Waals surface area contributed by atoms with Gasteiger partial charge in [-0.25, -0.2) is 9.97 Å². The van der Waals surface area contributed by atoms with Crippen LogP contribution in [0.25, 0.3) is 10.2 Å². The number of thiophene rings is 1. The number of nitrogens with zero attached hydrogens (tertiary/aromatic N) is 4. The summed E-state index contributed by atoms with van der Waals surface area (Å²) < 4.78 is 3.08. The molecule has 0 amide bonds. The summed E-state index contributed by atoms with van der Waals surface area (Å²) in [7, 11) is 0. The molecule has 5 nitrogen and oxygen atoms in total. The summed E-state index contributed by atoms with van der Waals surface area (Å²) in [5.41, 5.74) is 2.26. The van der Waals surface area contributed by atoms with Crippen molar-refractivity contribution in [3.63, 3.8) is 0 Å². The zero-order valence-corrected chi connectivity index (χ0v) is 11.5. The molecule has 1 N–H and O–H groups in total. The highest BCUT2D eigenvalue weighted by Crippen LogP contribution is 2.28. The van der Waals surface area contributed by atoms with Crippen LogP contribution in [0.4, 0.5) is 5.82 Å². The molecule has 0 bridgehead atoms. The molecule has 3 aromatic heterocycles. The second-order valence-electron chi connectivity index (χ2n) is 4.37. The standard InChI is InChI=1S/C13H15N5S/c1-10-8-19-12-11(10)15-9-16-13(12)14-4-2-6-18-7-3-5-17-18/h3,5,7-9H,2,4,6H2,1H3,(H,14,15,16). The number of aryl methyl sites for hydroxylation is 2. The van der Waals surface area contributed by atoms with Gasteiger partial charge in [-0.15, -0.1) is 11.3 Å². The van der Waals surface area contributed by atoms with E-state index in [-0.39, 0.29) is 0 Å². The van der Waals surface area contributed by atoms with Gasteiger partial charge in [0.1, 0.15) is 12.1 Å². The van der Waals surface area contributed by atoms with Crippen molar-refractivity contribution in [3.8, 4) is 0 Å². The van der Waals surface area contributed by atoms with Crippen LogP contribution in [0.3, 0.4) is 0 Å². The minimum Gasteiger partial charge on any atom is -0.369 e. The number of hydrogen-bond acceptors (Lipinski definition) is 5. The molecule has 0 aliphatic carbocycles. The van der Waals surface area contributed by atoms with E-state index < -0.39 is 0 Å². The maximum atomic E-state index is 4.32. The molecule has 3 heterocycles. The number of rotatable bonds is 5. The highest BCUT2D eigenvalue weighted by molar-refractivity contribution is 7.18. The van der Waals surface area contributed by atoms with Crippen molar-refractivity contribution >= 4 is 27.4 Å². The first-order valence-electron chi connectivity index (χ1n) is 6.24. The minimum atomic E-state index is 0.878. The normalized spacial score (nSPS) is 11.0. The van der Waals surface area contributed by atoms with E-state index in [9.17, 15) is 0 Å². The Morgan fingerprint density at radius 2 is 2.32 bits per heavy atom. The number of aromatic nitrogens is 4. The molecule has 0 aliphatic rings. The number of fused-ring (bicyclic) bond motifs is 1. The average Bonchev–Trinajstić information content (AvgIpc) is 3.06. The first-order chi connectivity index (χ1) is 9.34. The Hall–Kier alpha value is -1.95. The molecule has 0 unspecified atom stereocenters. The van der Waals surface area contributed by atoms with Crippen molar-refractivity contribution in [2.45, 2.75) is 19.9 Å². The Labute approximate surface area is 115 Å². The summed E-state index contributed by atoms with van der Waals surface area (Å²) in [6.07, 6.45) is 6.41. The Bertz CT molecular complexity index is 659. The van der Waals surface area contributed by atoms with E-state index >= 15 is 0 Å². The van der Waals surface area contributed by atoms with Gasteiger partial charge in [0.15, 0.2) is 0 Å². The fourth-order valence-corrected chi connectivity index (χ4v) is 2.94. The van der Waals surface area contributed by atoms with Crippen LogP contribution in [0.2, 0.25) is 0 Å². The molecule has 0 aromatic carbocycles. The van der Waals surface area contributed by atoms with Gasteiger partial charge in [-0.2, -0.15) is 5.10 Å². The predicted octanol–water partition coefficient (Wildman–Crippen LogP) is 2.70. The van der Waals surface area contributed by atoms with Crippen LogP contribution in [0.1, 0.15) is 12.0 Å². The second kappa shape index (κ2) is 5.36. The van der Waals surface area contributed by atoms with Gasteiger partial charge in [0.2, 0.25) is 0 Å². The van der Waals surface area contributed by atoms with Crippen LogP contribution < -0.4 is 5.32 Å². The molecule has 0 saturated heterocycles. The Morgan fingerprint density at radius 1 is 1.37 bits per heavy atom. The lowest BCUT2D eigenvalue weighted by molar-refractivity contribution is 0.591. The molecule has 0 radical (unpaired) electrons. The van der Waals surface area contributed by atoms with Gasteiger partial charge in [-0.05, 0) is 30.4 Å². The average molecular weight is 273 g/mol. The van der Waals surface area contributed by atoms with E-state index in [4.69, 9.17) is 0 Å². The van der Waals surface area contributed by atoms with Gasteiger partial charge in [-0.1, -0.05) is 0 Å². The van der Waals surface area contributed by atoms with E-state index in [2.05, 4.69) is 32.7 Å². The molecule has 0 spiro atoms. The summed E-state index contributed by atoms with van der Waals surface area (Å²) in [4.78, 5) is 8.64. The van der Waals surface area contributed by atoms with Crippen LogP contribution in [-0.2, 0) is 6.54 Å². The lowest BCUT2D eigenvalue weighted by Crippen LogP contribution is -2.08. The maximum Gasteiger partial charge on any atom is 0.147 e. The second-order valence-corrected chi connectivity index (χ2v) is 5.25. The van der Waals surface area contributed by atoms with Crippen LogP contribution in [0, 0.1) is 6.92 Å². The molecule has 3 rings (SSSR count). The zero-order valence-electron chi connectivity index (χ0n) is 10.7. The van der Waals surface area contributed by atoms with Crippen LogP contribution in [0.15, 0.2) is 30.2 Å². The first kappa shape index (κ1) is 12.1. The third-order valence-electron chi connectivity index (χ3n) is 2.95. The molecular formula is C13H15N5S. The van der Waals surface area contributed by atoms with Gasteiger partial charge >= 0.3 is 0 Å². The van der Waals surface area contributed by atoms with E-state index in [0.29, 0.717) is 0 Å². The summed E-state index contributed by atoms with van der Waals surface area (Å²) in [6, 6.07) is 1.94. The minimum absolute atomic E-state index is 0.878. The van der Waals surface area contributed by atoms with Crippen molar-refractivity contribution in [1.82, 2.24) is 19.7 Å². The summed E-state index contributed by atoms with van der Waals surface area (Å²) in [6.45, 7) is 3.87. The molecule has 6 heteroatoms. The summed E-state index contributed by atoms with van der Waals surface area (Å²) >= 11 is 1.69. The third-order valence-corrected chi connectivity index (χ3v) is 4.04. The van der Waals surface area contributed by atoms with Crippen molar-refractivity contribution in [1.29, 1.82) is 0 Å². The molecular weight excluding hydrogens is 258 g/mol. The summed E-state index contributed by atoms with van der Waals surface area (Å²) in [5, 5.41) is 9.68. The zero-order chi connectivity index (χ0) is 13.1. The topological polar surface area (TPSA) is 55.6 Å². The molecule has 0 saturated carbocycles. The smallest absolute Gasteiger partial charge is 0.147 e. The van der Waals surface area contributed by atoms with E-state index in [1.54, 1.807) is 23.9 Å². The van der Waals surface area contributed by atoms with Gasteiger partial charge in [0, 0.05) is 25.5 Å². The van der Waals surface area contributed by atoms with E-state index in [1.165, 1.54) is 5.56 Å². The van der Waals surface area contributed by atoms with Crippen LogP contribution >= 0.6 is 11.3 Å². The monoisotopic (exact) mass is 273 g/mol. The van der Waals surface area contributed by atoms with Gasteiger partial charge in [-0.3, -0.25) is 4.68 Å². The highest BCUT2D eigenvalue weighted by Gasteiger charge is 2.07. The van der Waals surface area contributed by atoms with Crippen molar-refractivity contribution in [2.75, 3.05) is 11.9 Å². The van der Waals surface area contributed by atoms with Crippen LogP contribution in [0.5, 0.6) is 0 Å². The Balaban J connectivity index is 1.62. The van der Waals surface area contributed by atoms with Gasteiger partial charge < -0.3 is 5.32 Å². The molecule has 19 heavy (non-hydrogen) atoms. The number of hydrogen-bond donors (Lipinski definition) is 1. The fraction of sp³-hybridized carbons (Fsp3) is 0.308. The molecule has 98 valence electrons. The Morgan fingerprint density at radius 3 is 3.16 bits per heavy atom. The van der Waals surface area contributed by atoms with Crippen molar-refractivity contribution in [3.05, 3.63) is 35.7 Å². The van der Waals surface area contributed by atoms with Crippen molar-refractivity contribution < 1.29 is 0 Å². The maximum absolute atomic E-state index is 4.32. The van der Waals surface area contributed by atoms with E-state index in [0.717, 1.165) is 35.5 Å². The Kier molecular flexibility index (Phi) is 3.41. The quantitative estimate of drug-likeness (QED) is 0.726. The molecule has 0 aliphatic heterocycles. The molecule has 0 atom stereocenters. The van der Waals surface area contributed by atoms with E-state index in [1.807, 2.05) is 16.9 Å². The largest absolute Gasteiger partial charge is 0.369 e. The fourth-order valence-electron chi connectivity index (χ4n) is 1.98. The molecule has 3 aromatic rings. The number of anilines is 1. The summed E-state index contributed by atoms with van der Waals surface area (Å²) in [5.74, 6) is 0.934. The van der Waals surface area contributed by atoms with Gasteiger partial charge in [0.25, 0.3) is 0 Å². The SMILES string of the molecule is Cc1csc2c(NCCCn3cccn3)ncnc12. The van der Waals surface area contributed by atoms with Gasteiger partial charge in [0.05, 0.1) is 10.2 Å². The number of nitrogens with one attached hydrogen (secondary N) is 1. The lowest BCUT2D eigenvalue weighted by Gasteiger charge is -2.06. The van der Waals surface area contributed by atoms with Crippen molar-refractivity contribution in [2.24, 2.45) is 0 Å². The molecule has 0 fully saturated rings. The lowest BCUT2D eigenvalue weighted by atomic mass is 10.3. The highest BCUT2D eigenvalue weighted by atomic mass is 32.1. The van der Waals surface area contributed by atoms with Crippen LogP contribution in [-0.4, -0.2) is 26.3 Å². The third kappa shape index (κ3) is 2.58. The predicted molar refractivity (Wildman–Crippen MR) is 77.5 cm³/mol. The first-order valence-corrected chi connectivity index (χ1v) is 7.12.